The lowest BCUT2D eigenvalue weighted by Gasteiger charge is -2.10. The third-order valence-electron chi connectivity index (χ3n) is 2.84. The summed E-state index contributed by atoms with van der Waals surface area (Å²) >= 11 is 6.06. The molecule has 1 aliphatic carbocycles. The summed E-state index contributed by atoms with van der Waals surface area (Å²) in [7, 11) is 0. The number of halogens is 1. The molecule has 0 radical (unpaired) electrons. The van der Waals surface area contributed by atoms with Crippen LogP contribution in [0.1, 0.15) is 37.9 Å². The van der Waals surface area contributed by atoms with E-state index < -0.39 is 0 Å². The molecule has 0 spiro atoms. The fourth-order valence-corrected chi connectivity index (χ4v) is 2.44. The van der Waals surface area contributed by atoms with Crippen molar-refractivity contribution < 1.29 is 0 Å². The maximum absolute atomic E-state index is 6.06. The van der Waals surface area contributed by atoms with Crippen molar-refractivity contribution >= 4 is 22.6 Å². The van der Waals surface area contributed by atoms with E-state index in [9.17, 15) is 0 Å². The number of hydrogen-bond donors (Lipinski definition) is 1. The lowest BCUT2D eigenvalue weighted by molar-refractivity contribution is 0.680. The molecule has 2 heterocycles. The zero-order valence-corrected chi connectivity index (χ0v) is 10.4. The number of aromatic amines is 1. The van der Waals surface area contributed by atoms with Crippen LogP contribution >= 0.6 is 11.6 Å². The average molecular weight is 238 g/mol. The van der Waals surface area contributed by atoms with Gasteiger partial charge in [-0.25, -0.2) is 9.97 Å². The van der Waals surface area contributed by atoms with Crippen LogP contribution in [0.4, 0.5) is 0 Å². The Morgan fingerprint density at radius 3 is 2.75 bits per heavy atom. The summed E-state index contributed by atoms with van der Waals surface area (Å²) in [6.45, 7) is 4.00. The van der Waals surface area contributed by atoms with E-state index >= 15 is 0 Å². The van der Waals surface area contributed by atoms with E-state index in [0.29, 0.717) is 5.15 Å². The van der Waals surface area contributed by atoms with Gasteiger partial charge in [0.05, 0.1) is 5.39 Å². The van der Waals surface area contributed by atoms with Crippen LogP contribution in [0.15, 0.2) is 6.33 Å². The van der Waals surface area contributed by atoms with E-state index in [4.69, 9.17) is 11.6 Å². The number of nitrogens with zero attached hydrogens (tertiary/aromatic N) is 2. The van der Waals surface area contributed by atoms with Crippen LogP contribution in [0.2, 0.25) is 5.15 Å². The van der Waals surface area contributed by atoms with Crippen LogP contribution in [-0.2, 0) is 12.8 Å². The minimum atomic E-state index is 0.578. The van der Waals surface area contributed by atoms with Gasteiger partial charge in [0.15, 0.2) is 0 Å². The fraction of sp³-hybridized carbons (Fsp3) is 0.500. The number of aromatic nitrogens is 3. The van der Waals surface area contributed by atoms with Crippen molar-refractivity contribution in [3.8, 4) is 0 Å². The van der Waals surface area contributed by atoms with Gasteiger partial charge in [-0.1, -0.05) is 25.4 Å². The van der Waals surface area contributed by atoms with Gasteiger partial charge in [0.1, 0.15) is 17.1 Å². The largest absolute Gasteiger partial charge is 0.343 e. The first-order valence-electron chi connectivity index (χ1n) is 5.86. The van der Waals surface area contributed by atoms with Crippen molar-refractivity contribution in [3.05, 3.63) is 22.7 Å². The molecule has 0 unspecified atom stereocenters. The second-order valence-corrected chi connectivity index (χ2v) is 4.04. The van der Waals surface area contributed by atoms with Crippen molar-refractivity contribution in [2.45, 2.75) is 39.5 Å². The Kier molecular flexibility index (Phi) is 3.44. The molecule has 3 nitrogen and oxygen atoms in total. The van der Waals surface area contributed by atoms with Gasteiger partial charge in [-0.3, -0.25) is 0 Å². The van der Waals surface area contributed by atoms with Crippen LogP contribution in [0, 0.1) is 0 Å². The van der Waals surface area contributed by atoms with Gasteiger partial charge in [0, 0.05) is 5.69 Å². The Morgan fingerprint density at radius 2 is 1.94 bits per heavy atom. The van der Waals surface area contributed by atoms with Gasteiger partial charge >= 0.3 is 0 Å². The molecule has 1 N–H and O–H groups in total. The molecule has 2 aromatic heterocycles. The highest BCUT2D eigenvalue weighted by molar-refractivity contribution is 6.34. The molecule has 0 aliphatic heterocycles. The molecule has 2 aromatic rings. The first kappa shape index (κ1) is 11.4. The first-order chi connectivity index (χ1) is 7.86. The second kappa shape index (κ2) is 4.83. The molecule has 3 rings (SSSR count). The molecule has 0 atom stereocenters. The van der Waals surface area contributed by atoms with Crippen molar-refractivity contribution in [1.29, 1.82) is 0 Å². The first-order valence-corrected chi connectivity index (χ1v) is 6.24. The molecular weight excluding hydrogens is 222 g/mol. The van der Waals surface area contributed by atoms with Gasteiger partial charge in [-0.15, -0.1) is 0 Å². The van der Waals surface area contributed by atoms with Crippen LogP contribution in [0.3, 0.4) is 0 Å². The normalized spacial score (nSPS) is 14.2. The maximum atomic E-state index is 6.06. The average Bonchev–Trinajstić information content (AvgIpc) is 2.71. The molecule has 0 bridgehead atoms. The second-order valence-electron chi connectivity index (χ2n) is 3.68. The number of nitrogens with one attached hydrogen (secondary N) is 1. The molecule has 16 heavy (non-hydrogen) atoms. The van der Waals surface area contributed by atoms with Crippen LogP contribution in [0.5, 0.6) is 0 Å². The van der Waals surface area contributed by atoms with Crippen molar-refractivity contribution in [2.24, 2.45) is 0 Å². The molecular formula is C12H16ClN3. The Bertz CT molecular complexity index is 490. The Labute approximate surface area is 100 Å². The SMILES string of the molecule is CC.Clc1ncnc2[nH]c3c(c12)CCCC3. The Hall–Kier alpha value is -1.09. The number of H-pyrrole nitrogens is 1. The van der Waals surface area contributed by atoms with Gasteiger partial charge in [0.25, 0.3) is 0 Å². The van der Waals surface area contributed by atoms with Gasteiger partial charge in [-0.2, -0.15) is 0 Å². The summed E-state index contributed by atoms with van der Waals surface area (Å²) in [6.07, 6.45) is 6.22. The lowest BCUT2D eigenvalue weighted by Crippen LogP contribution is -2.00. The van der Waals surface area contributed by atoms with Gasteiger partial charge in [0.2, 0.25) is 0 Å². The molecule has 0 fully saturated rings. The van der Waals surface area contributed by atoms with E-state index in [-0.39, 0.29) is 0 Å². The summed E-state index contributed by atoms with van der Waals surface area (Å²) in [5, 5.41) is 1.61. The Balaban J connectivity index is 0.000000457. The molecule has 86 valence electrons. The molecule has 0 saturated carbocycles. The molecule has 0 aromatic carbocycles. The molecule has 0 saturated heterocycles. The van der Waals surface area contributed by atoms with E-state index in [0.717, 1.165) is 23.9 Å². The van der Waals surface area contributed by atoms with Crippen LogP contribution in [-0.4, -0.2) is 15.0 Å². The summed E-state index contributed by atoms with van der Waals surface area (Å²) in [6, 6.07) is 0. The Morgan fingerprint density at radius 1 is 1.19 bits per heavy atom. The van der Waals surface area contributed by atoms with E-state index in [1.165, 1.54) is 30.4 Å². The lowest BCUT2D eigenvalue weighted by atomic mass is 9.96. The minimum absolute atomic E-state index is 0.578. The summed E-state index contributed by atoms with van der Waals surface area (Å²) < 4.78 is 0. The van der Waals surface area contributed by atoms with E-state index in [1.807, 2.05) is 13.8 Å². The standard InChI is InChI=1S/C10H10ClN3.C2H6/c11-9-8-6-3-1-2-4-7(6)14-10(8)13-5-12-9;1-2/h5H,1-4H2,(H,12,13,14);1-2H3. The minimum Gasteiger partial charge on any atom is -0.343 e. The molecule has 1 aliphatic rings. The number of fused-ring (bicyclic) bond motifs is 3. The quantitative estimate of drug-likeness (QED) is 0.713. The van der Waals surface area contributed by atoms with Gasteiger partial charge < -0.3 is 4.98 Å². The molecule has 4 heteroatoms. The third-order valence-corrected chi connectivity index (χ3v) is 3.13. The topological polar surface area (TPSA) is 41.6 Å². The zero-order valence-electron chi connectivity index (χ0n) is 9.68. The smallest absolute Gasteiger partial charge is 0.142 e. The zero-order chi connectivity index (χ0) is 11.5. The number of aryl methyl sites for hydroxylation is 2. The summed E-state index contributed by atoms with van der Waals surface area (Å²) in [4.78, 5) is 11.5. The molecule has 0 amide bonds. The summed E-state index contributed by atoms with van der Waals surface area (Å²) in [5.74, 6) is 0. The van der Waals surface area contributed by atoms with Crippen LogP contribution in [0.25, 0.3) is 11.0 Å². The monoisotopic (exact) mass is 237 g/mol. The van der Waals surface area contributed by atoms with Crippen LogP contribution < -0.4 is 0 Å². The number of rotatable bonds is 0. The predicted octanol–water partition coefficient (Wildman–Crippen LogP) is 3.52. The maximum Gasteiger partial charge on any atom is 0.142 e. The van der Waals surface area contributed by atoms with Crippen molar-refractivity contribution in [2.75, 3.05) is 0 Å². The fourth-order valence-electron chi connectivity index (χ4n) is 2.19. The third kappa shape index (κ3) is 1.80. The highest BCUT2D eigenvalue weighted by Gasteiger charge is 2.18. The van der Waals surface area contributed by atoms with Gasteiger partial charge in [-0.05, 0) is 31.2 Å². The predicted molar refractivity (Wildman–Crippen MR) is 66.9 cm³/mol. The van der Waals surface area contributed by atoms with E-state index in [1.54, 1.807) is 0 Å². The highest BCUT2D eigenvalue weighted by Crippen LogP contribution is 2.31. The van der Waals surface area contributed by atoms with E-state index in [2.05, 4.69) is 15.0 Å². The van der Waals surface area contributed by atoms with Crippen molar-refractivity contribution in [1.82, 2.24) is 15.0 Å². The highest BCUT2D eigenvalue weighted by atomic mass is 35.5. The van der Waals surface area contributed by atoms with Crippen molar-refractivity contribution in [3.63, 3.8) is 0 Å². The summed E-state index contributed by atoms with van der Waals surface area (Å²) in [5.41, 5.74) is 3.52. The number of hydrogen-bond acceptors (Lipinski definition) is 2.